The zero-order valence-electron chi connectivity index (χ0n) is 8.11. The molecule has 0 fully saturated rings. The van der Waals surface area contributed by atoms with Crippen LogP contribution in [0.2, 0.25) is 0 Å². The number of nitrogens with one attached hydrogen (secondary N) is 1. The summed E-state index contributed by atoms with van der Waals surface area (Å²) in [4.78, 5) is 12.6. The first-order valence-corrected chi connectivity index (χ1v) is 5.01. The molecule has 1 heterocycles. The van der Waals surface area contributed by atoms with Gasteiger partial charge in [0, 0.05) is 5.69 Å². The first-order valence-electron chi connectivity index (χ1n) is 4.22. The highest BCUT2D eigenvalue weighted by molar-refractivity contribution is 9.10. The zero-order chi connectivity index (χ0) is 9.84. The molecule has 13 heavy (non-hydrogen) atoms. The van der Waals surface area contributed by atoms with E-state index in [4.69, 9.17) is 4.89 Å². The van der Waals surface area contributed by atoms with Crippen LogP contribution in [0, 0.1) is 6.92 Å². The molecular formula is C9H14BrNO2. The minimum Gasteiger partial charge on any atom is -0.351 e. The molecule has 0 bridgehead atoms. The molecule has 0 unspecified atom stereocenters. The Hall–Kier alpha value is -0.320. The van der Waals surface area contributed by atoms with Gasteiger partial charge in [0.1, 0.15) is 6.61 Å². The summed E-state index contributed by atoms with van der Waals surface area (Å²) >= 11 is 3.47. The van der Waals surface area contributed by atoms with E-state index in [2.05, 4.69) is 39.6 Å². The highest BCUT2D eigenvalue weighted by atomic mass is 79.9. The minimum absolute atomic E-state index is 0.459. The van der Waals surface area contributed by atoms with Crippen molar-refractivity contribution >= 4 is 15.9 Å². The topological polar surface area (TPSA) is 34.2 Å². The summed E-state index contributed by atoms with van der Waals surface area (Å²) < 4.78 is 1.04. The van der Waals surface area contributed by atoms with E-state index in [1.54, 1.807) is 0 Å². The van der Waals surface area contributed by atoms with Crippen LogP contribution in [0.4, 0.5) is 0 Å². The minimum atomic E-state index is 0.459. The molecule has 0 aliphatic heterocycles. The molecular weight excluding hydrogens is 234 g/mol. The largest absolute Gasteiger partial charge is 0.351 e. The van der Waals surface area contributed by atoms with Crippen LogP contribution in [0.3, 0.4) is 0 Å². The van der Waals surface area contributed by atoms with Crippen LogP contribution in [0.25, 0.3) is 0 Å². The van der Waals surface area contributed by atoms with E-state index < -0.39 is 0 Å². The van der Waals surface area contributed by atoms with Gasteiger partial charge in [0.2, 0.25) is 0 Å². The molecule has 1 aromatic rings. The van der Waals surface area contributed by atoms with Gasteiger partial charge in [-0.15, -0.1) is 0 Å². The Labute approximate surface area is 86.5 Å². The van der Waals surface area contributed by atoms with Gasteiger partial charge in [-0.05, 0) is 40.4 Å². The van der Waals surface area contributed by atoms with Gasteiger partial charge in [0.15, 0.2) is 0 Å². The van der Waals surface area contributed by atoms with Gasteiger partial charge in [0.25, 0.3) is 0 Å². The van der Waals surface area contributed by atoms with E-state index in [0.717, 1.165) is 16.7 Å². The lowest BCUT2D eigenvalue weighted by molar-refractivity contribution is -0.282. The van der Waals surface area contributed by atoms with Gasteiger partial charge >= 0.3 is 0 Å². The van der Waals surface area contributed by atoms with E-state index in [-0.39, 0.29) is 0 Å². The fraction of sp³-hybridized carbons (Fsp3) is 0.556. The standard InChI is InChI=1S/C9H14BrNO2/c1-4-7-6(2)8(5-13-12-3)11-9(7)10/h11H,4-5H2,1-3H3. The second-order valence-corrected chi connectivity index (χ2v) is 3.60. The van der Waals surface area contributed by atoms with Crippen molar-refractivity contribution in [2.75, 3.05) is 7.11 Å². The monoisotopic (exact) mass is 247 g/mol. The SMILES string of the molecule is CCc1c(Br)[nH]c(COOC)c1C. The molecule has 3 nitrogen and oxygen atoms in total. The van der Waals surface area contributed by atoms with E-state index >= 15 is 0 Å². The highest BCUT2D eigenvalue weighted by Gasteiger charge is 2.10. The first-order chi connectivity index (χ1) is 6.20. The molecule has 0 spiro atoms. The molecule has 0 atom stereocenters. The lowest BCUT2D eigenvalue weighted by Gasteiger charge is -1.99. The van der Waals surface area contributed by atoms with Crippen molar-refractivity contribution in [3.05, 3.63) is 21.4 Å². The maximum Gasteiger partial charge on any atom is 0.122 e. The maximum atomic E-state index is 4.86. The highest BCUT2D eigenvalue weighted by Crippen LogP contribution is 2.23. The van der Waals surface area contributed by atoms with Crippen molar-refractivity contribution < 1.29 is 9.78 Å². The quantitative estimate of drug-likeness (QED) is 0.656. The van der Waals surface area contributed by atoms with Gasteiger partial charge in [-0.25, -0.2) is 9.78 Å². The van der Waals surface area contributed by atoms with Gasteiger partial charge in [-0.1, -0.05) is 6.92 Å². The average Bonchev–Trinajstić information content (AvgIpc) is 2.38. The van der Waals surface area contributed by atoms with E-state index in [0.29, 0.717) is 6.61 Å². The number of H-pyrrole nitrogens is 1. The van der Waals surface area contributed by atoms with Gasteiger partial charge < -0.3 is 4.98 Å². The van der Waals surface area contributed by atoms with Crippen LogP contribution >= 0.6 is 15.9 Å². The third-order valence-electron chi connectivity index (χ3n) is 2.11. The predicted molar refractivity (Wildman–Crippen MR) is 54.4 cm³/mol. The summed E-state index contributed by atoms with van der Waals surface area (Å²) in [5.74, 6) is 0. The van der Waals surface area contributed by atoms with Crippen LogP contribution in [-0.2, 0) is 22.8 Å². The molecule has 0 aromatic carbocycles. The van der Waals surface area contributed by atoms with Gasteiger partial charge in [-0.3, -0.25) is 0 Å². The normalized spacial score (nSPS) is 10.8. The molecule has 4 heteroatoms. The Kier molecular flexibility index (Phi) is 3.96. The Bertz CT molecular complexity index is 283. The second kappa shape index (κ2) is 4.79. The van der Waals surface area contributed by atoms with E-state index in [1.165, 1.54) is 18.2 Å². The van der Waals surface area contributed by atoms with Crippen molar-refractivity contribution in [3.8, 4) is 0 Å². The van der Waals surface area contributed by atoms with Gasteiger partial charge in [-0.2, -0.15) is 0 Å². The molecule has 0 aliphatic rings. The van der Waals surface area contributed by atoms with Crippen LogP contribution in [0.15, 0.2) is 4.60 Å². The Morgan fingerprint density at radius 2 is 2.15 bits per heavy atom. The van der Waals surface area contributed by atoms with E-state index in [9.17, 15) is 0 Å². The van der Waals surface area contributed by atoms with Crippen molar-refractivity contribution in [1.82, 2.24) is 4.98 Å². The summed E-state index contributed by atoms with van der Waals surface area (Å²) in [6.07, 6.45) is 1.01. The molecule has 0 amide bonds. The fourth-order valence-corrected chi connectivity index (χ4v) is 2.15. The number of hydrogen-bond donors (Lipinski definition) is 1. The molecule has 0 radical (unpaired) electrons. The molecule has 1 N–H and O–H groups in total. The molecule has 0 saturated heterocycles. The summed E-state index contributed by atoms with van der Waals surface area (Å²) in [7, 11) is 1.51. The fourth-order valence-electron chi connectivity index (χ4n) is 1.33. The van der Waals surface area contributed by atoms with Crippen LogP contribution in [-0.4, -0.2) is 12.1 Å². The number of halogens is 1. The molecule has 0 saturated carbocycles. The summed E-state index contributed by atoms with van der Waals surface area (Å²) in [6, 6.07) is 0. The maximum absolute atomic E-state index is 4.86. The Balaban J connectivity index is 2.83. The Morgan fingerprint density at radius 3 is 2.62 bits per heavy atom. The lowest BCUT2D eigenvalue weighted by atomic mass is 10.1. The summed E-state index contributed by atoms with van der Waals surface area (Å²) in [5.41, 5.74) is 3.60. The first kappa shape index (κ1) is 10.8. The smallest absolute Gasteiger partial charge is 0.122 e. The number of aromatic amines is 1. The molecule has 1 rings (SSSR count). The second-order valence-electron chi connectivity index (χ2n) is 2.80. The summed E-state index contributed by atoms with van der Waals surface area (Å²) in [6.45, 7) is 4.66. The van der Waals surface area contributed by atoms with Crippen LogP contribution < -0.4 is 0 Å². The van der Waals surface area contributed by atoms with Crippen molar-refractivity contribution in [2.45, 2.75) is 26.9 Å². The van der Waals surface area contributed by atoms with Crippen molar-refractivity contribution in [3.63, 3.8) is 0 Å². The third-order valence-corrected chi connectivity index (χ3v) is 2.78. The predicted octanol–water partition coefficient (Wildman–Crippen LogP) is 2.73. The average molecular weight is 248 g/mol. The molecule has 0 aliphatic carbocycles. The van der Waals surface area contributed by atoms with Crippen molar-refractivity contribution in [1.29, 1.82) is 0 Å². The number of hydrogen-bond acceptors (Lipinski definition) is 2. The Morgan fingerprint density at radius 1 is 1.46 bits per heavy atom. The van der Waals surface area contributed by atoms with Crippen LogP contribution in [0.1, 0.15) is 23.7 Å². The number of rotatable bonds is 4. The number of aromatic nitrogens is 1. The van der Waals surface area contributed by atoms with Gasteiger partial charge in [0.05, 0.1) is 11.7 Å². The summed E-state index contributed by atoms with van der Waals surface area (Å²) in [5, 5.41) is 0. The lowest BCUT2D eigenvalue weighted by Crippen LogP contribution is -1.93. The molecule has 74 valence electrons. The third kappa shape index (κ3) is 2.33. The van der Waals surface area contributed by atoms with Crippen LogP contribution in [0.5, 0.6) is 0 Å². The molecule has 1 aromatic heterocycles. The van der Waals surface area contributed by atoms with E-state index in [1.807, 2.05) is 0 Å². The van der Waals surface area contributed by atoms with Crippen molar-refractivity contribution in [2.24, 2.45) is 0 Å². The zero-order valence-corrected chi connectivity index (χ0v) is 9.69.